The summed E-state index contributed by atoms with van der Waals surface area (Å²) >= 11 is 0. The molecule has 0 unspecified atom stereocenters. The Morgan fingerprint density at radius 3 is 2.43 bits per heavy atom. The lowest BCUT2D eigenvalue weighted by atomic mass is 9.95. The standard InChI is InChI=1S/C19H27NO3/c1-6-13-7-8-14(12-16(21)19(5)9-10-19)15(11-13)20-17(22)23-18(2,3)4/h7-8,11H,6,9-10,12H2,1-5H3,(H,20,22). The Morgan fingerprint density at radius 1 is 1.26 bits per heavy atom. The molecule has 1 aliphatic carbocycles. The summed E-state index contributed by atoms with van der Waals surface area (Å²) in [6.45, 7) is 9.55. The molecule has 0 heterocycles. The molecule has 1 N–H and O–H groups in total. The summed E-state index contributed by atoms with van der Waals surface area (Å²) in [7, 11) is 0. The maximum Gasteiger partial charge on any atom is 0.412 e. The third kappa shape index (κ3) is 4.81. The Hall–Kier alpha value is -1.84. The third-order valence-corrected chi connectivity index (χ3v) is 4.24. The quantitative estimate of drug-likeness (QED) is 0.869. The number of amides is 1. The number of benzene rings is 1. The van der Waals surface area contributed by atoms with Gasteiger partial charge in [-0.3, -0.25) is 10.1 Å². The first-order valence-electron chi connectivity index (χ1n) is 8.28. The summed E-state index contributed by atoms with van der Waals surface area (Å²) in [6, 6.07) is 5.88. The van der Waals surface area contributed by atoms with Gasteiger partial charge < -0.3 is 4.74 Å². The van der Waals surface area contributed by atoms with Gasteiger partial charge in [-0.1, -0.05) is 26.0 Å². The van der Waals surface area contributed by atoms with E-state index in [4.69, 9.17) is 4.74 Å². The van der Waals surface area contributed by atoms with Crippen molar-refractivity contribution in [3.05, 3.63) is 29.3 Å². The SMILES string of the molecule is CCc1ccc(CC(=O)C2(C)CC2)c(NC(=O)OC(C)(C)C)c1. The number of carbonyl (C=O) groups excluding carboxylic acids is 2. The summed E-state index contributed by atoms with van der Waals surface area (Å²) in [6.07, 6.45) is 2.67. The van der Waals surface area contributed by atoms with Crippen molar-refractivity contribution in [2.75, 3.05) is 5.32 Å². The molecule has 4 heteroatoms. The van der Waals surface area contributed by atoms with Crippen LogP contribution in [-0.4, -0.2) is 17.5 Å². The summed E-state index contributed by atoms with van der Waals surface area (Å²) in [4.78, 5) is 24.4. The molecule has 0 radical (unpaired) electrons. The molecule has 1 amide bonds. The predicted molar refractivity (Wildman–Crippen MR) is 91.7 cm³/mol. The van der Waals surface area contributed by atoms with Gasteiger partial charge in [0.15, 0.2) is 0 Å². The molecule has 0 saturated heterocycles. The van der Waals surface area contributed by atoms with Crippen molar-refractivity contribution >= 4 is 17.6 Å². The zero-order valence-corrected chi connectivity index (χ0v) is 14.8. The second-order valence-electron chi connectivity index (χ2n) is 7.63. The maximum absolute atomic E-state index is 12.4. The van der Waals surface area contributed by atoms with E-state index in [1.807, 2.05) is 45.9 Å². The minimum atomic E-state index is -0.552. The molecule has 0 aliphatic heterocycles. The second kappa shape index (κ2) is 6.34. The predicted octanol–water partition coefficient (Wildman–Crippen LogP) is 4.51. The molecule has 0 bridgehead atoms. The Kier molecular flexibility index (Phi) is 4.83. The van der Waals surface area contributed by atoms with Crippen LogP contribution < -0.4 is 5.32 Å². The molecular weight excluding hydrogens is 290 g/mol. The lowest BCUT2D eigenvalue weighted by Gasteiger charge is -2.21. The number of hydrogen-bond donors (Lipinski definition) is 1. The van der Waals surface area contributed by atoms with E-state index in [1.165, 1.54) is 0 Å². The maximum atomic E-state index is 12.4. The molecule has 23 heavy (non-hydrogen) atoms. The van der Waals surface area contributed by atoms with Gasteiger partial charge in [-0.05, 0) is 57.2 Å². The molecule has 1 aliphatic rings. The Labute approximate surface area is 138 Å². The van der Waals surface area contributed by atoms with E-state index in [-0.39, 0.29) is 11.2 Å². The molecule has 1 aromatic carbocycles. The Bertz CT molecular complexity index is 610. The minimum absolute atomic E-state index is 0.160. The second-order valence-corrected chi connectivity index (χ2v) is 7.63. The summed E-state index contributed by atoms with van der Waals surface area (Å²) < 4.78 is 5.32. The first-order chi connectivity index (χ1) is 10.6. The van der Waals surface area contributed by atoms with Crippen LogP contribution in [0.15, 0.2) is 18.2 Å². The van der Waals surface area contributed by atoms with E-state index >= 15 is 0 Å². The van der Waals surface area contributed by atoms with E-state index in [0.29, 0.717) is 12.1 Å². The van der Waals surface area contributed by atoms with Gasteiger partial charge in [-0.25, -0.2) is 4.79 Å². The van der Waals surface area contributed by atoms with Gasteiger partial charge in [-0.2, -0.15) is 0 Å². The molecule has 1 fully saturated rings. The van der Waals surface area contributed by atoms with E-state index in [1.54, 1.807) is 0 Å². The lowest BCUT2D eigenvalue weighted by Crippen LogP contribution is -2.27. The van der Waals surface area contributed by atoms with Crippen molar-refractivity contribution < 1.29 is 14.3 Å². The van der Waals surface area contributed by atoms with Crippen molar-refractivity contribution in [2.24, 2.45) is 5.41 Å². The Balaban J connectivity index is 2.17. The topological polar surface area (TPSA) is 55.4 Å². The number of rotatable bonds is 5. The highest BCUT2D eigenvalue weighted by Gasteiger charge is 2.44. The number of hydrogen-bond acceptors (Lipinski definition) is 3. The zero-order valence-electron chi connectivity index (χ0n) is 14.8. The van der Waals surface area contributed by atoms with Crippen molar-refractivity contribution in [1.29, 1.82) is 0 Å². The van der Waals surface area contributed by atoms with Gasteiger partial charge in [0.2, 0.25) is 0 Å². The van der Waals surface area contributed by atoms with Gasteiger partial charge >= 0.3 is 6.09 Å². The molecule has 2 rings (SSSR count). The number of anilines is 1. The van der Waals surface area contributed by atoms with Crippen molar-refractivity contribution in [1.82, 2.24) is 0 Å². The van der Waals surface area contributed by atoms with Gasteiger partial charge in [0.1, 0.15) is 11.4 Å². The van der Waals surface area contributed by atoms with Crippen LogP contribution in [0.5, 0.6) is 0 Å². The van der Waals surface area contributed by atoms with Crippen LogP contribution in [0, 0.1) is 5.41 Å². The van der Waals surface area contributed by atoms with Gasteiger partial charge in [0.05, 0.1) is 0 Å². The molecule has 1 saturated carbocycles. The monoisotopic (exact) mass is 317 g/mol. The van der Waals surface area contributed by atoms with Gasteiger partial charge in [0.25, 0.3) is 0 Å². The Morgan fingerprint density at radius 2 is 1.91 bits per heavy atom. The fourth-order valence-electron chi connectivity index (χ4n) is 2.38. The number of nitrogens with one attached hydrogen (secondary N) is 1. The number of aryl methyl sites for hydroxylation is 1. The third-order valence-electron chi connectivity index (χ3n) is 4.24. The number of ketones is 1. The number of ether oxygens (including phenoxy) is 1. The average Bonchev–Trinajstić information content (AvgIpc) is 3.17. The smallest absolute Gasteiger partial charge is 0.412 e. The first-order valence-corrected chi connectivity index (χ1v) is 8.28. The van der Waals surface area contributed by atoms with Gasteiger partial charge in [0, 0.05) is 17.5 Å². The largest absolute Gasteiger partial charge is 0.444 e. The van der Waals surface area contributed by atoms with Crippen LogP contribution in [0.25, 0.3) is 0 Å². The first kappa shape index (κ1) is 17.5. The van der Waals surface area contributed by atoms with Crippen LogP contribution in [-0.2, 0) is 22.4 Å². The highest BCUT2D eigenvalue weighted by Crippen LogP contribution is 2.46. The fourth-order valence-corrected chi connectivity index (χ4v) is 2.38. The highest BCUT2D eigenvalue weighted by molar-refractivity contribution is 5.92. The van der Waals surface area contributed by atoms with Crippen molar-refractivity contribution in [3.63, 3.8) is 0 Å². The van der Waals surface area contributed by atoms with Gasteiger partial charge in [-0.15, -0.1) is 0 Å². The number of carbonyl (C=O) groups is 2. The van der Waals surface area contributed by atoms with Crippen molar-refractivity contribution in [2.45, 2.75) is 65.9 Å². The van der Waals surface area contributed by atoms with Crippen LogP contribution in [0.1, 0.15) is 58.6 Å². The molecule has 0 atom stereocenters. The van der Waals surface area contributed by atoms with Crippen LogP contribution in [0.3, 0.4) is 0 Å². The molecule has 126 valence electrons. The average molecular weight is 317 g/mol. The highest BCUT2D eigenvalue weighted by atomic mass is 16.6. The molecular formula is C19H27NO3. The molecule has 0 spiro atoms. The van der Waals surface area contributed by atoms with Crippen molar-refractivity contribution in [3.8, 4) is 0 Å². The lowest BCUT2D eigenvalue weighted by molar-refractivity contribution is -0.122. The van der Waals surface area contributed by atoms with E-state index < -0.39 is 11.7 Å². The van der Waals surface area contributed by atoms with Crippen LogP contribution >= 0.6 is 0 Å². The van der Waals surface area contributed by atoms with Crippen LogP contribution in [0.2, 0.25) is 0 Å². The molecule has 0 aromatic heterocycles. The normalized spacial score (nSPS) is 15.9. The summed E-state index contributed by atoms with van der Waals surface area (Å²) in [5.41, 5.74) is 1.93. The summed E-state index contributed by atoms with van der Waals surface area (Å²) in [5.74, 6) is 0.244. The molecule has 1 aromatic rings. The summed E-state index contributed by atoms with van der Waals surface area (Å²) in [5, 5.41) is 2.81. The number of Topliss-reactive ketones (excluding diaryl/α,β-unsaturated/α-hetero) is 1. The minimum Gasteiger partial charge on any atom is -0.444 e. The zero-order chi connectivity index (χ0) is 17.3. The fraction of sp³-hybridized carbons (Fsp3) is 0.579. The van der Waals surface area contributed by atoms with Crippen LogP contribution in [0.4, 0.5) is 10.5 Å². The van der Waals surface area contributed by atoms with E-state index in [0.717, 1.165) is 30.4 Å². The molecule has 4 nitrogen and oxygen atoms in total. The van der Waals surface area contributed by atoms with E-state index in [2.05, 4.69) is 12.2 Å². The van der Waals surface area contributed by atoms with E-state index in [9.17, 15) is 9.59 Å².